The molecule has 0 aliphatic heterocycles. The van der Waals surface area contributed by atoms with Crippen molar-refractivity contribution in [3.63, 3.8) is 0 Å². The van der Waals surface area contributed by atoms with Crippen molar-refractivity contribution in [3.05, 3.63) is 27.9 Å². The molecule has 1 heterocycles. The molecule has 0 aromatic carbocycles. The van der Waals surface area contributed by atoms with Crippen LogP contribution in [0.2, 0.25) is 0 Å². The van der Waals surface area contributed by atoms with E-state index >= 15 is 0 Å². The zero-order chi connectivity index (χ0) is 15.8. The van der Waals surface area contributed by atoms with E-state index in [2.05, 4.69) is 10.3 Å². The normalized spacial score (nSPS) is 10.2. The highest BCUT2D eigenvalue weighted by Crippen LogP contribution is 2.22. The molecule has 7 heteroatoms. The summed E-state index contributed by atoms with van der Waals surface area (Å²) in [6, 6.07) is 1.46. The molecule has 1 aromatic rings. The second kappa shape index (κ2) is 8.18. The van der Waals surface area contributed by atoms with Crippen LogP contribution in [0.25, 0.3) is 0 Å². The lowest BCUT2D eigenvalue weighted by Gasteiger charge is -2.21. The minimum absolute atomic E-state index is 0.0906. The number of rotatable bonds is 8. The highest BCUT2D eigenvalue weighted by atomic mass is 16.6. The number of carbonyl (C=O) groups is 1. The van der Waals surface area contributed by atoms with Crippen LogP contribution in [0, 0.1) is 10.1 Å². The van der Waals surface area contributed by atoms with Gasteiger partial charge in [-0.15, -0.1) is 0 Å². The summed E-state index contributed by atoms with van der Waals surface area (Å²) in [5.41, 5.74) is -0.160. The topological polar surface area (TPSA) is 88.4 Å². The van der Waals surface area contributed by atoms with E-state index in [0.29, 0.717) is 25.5 Å². The van der Waals surface area contributed by atoms with Gasteiger partial charge in [0, 0.05) is 25.7 Å². The lowest BCUT2D eigenvalue weighted by Crippen LogP contribution is -2.33. The Bertz CT molecular complexity index is 499. The van der Waals surface area contributed by atoms with Crippen LogP contribution < -0.4 is 5.32 Å². The summed E-state index contributed by atoms with van der Waals surface area (Å²) in [6.45, 7) is 7.64. The number of carbonyl (C=O) groups excluding carboxylic acids is 1. The predicted octanol–water partition coefficient (Wildman–Crippen LogP) is 2.68. The highest BCUT2D eigenvalue weighted by Gasteiger charge is 2.25. The first kappa shape index (κ1) is 16.9. The zero-order valence-corrected chi connectivity index (χ0v) is 12.8. The van der Waals surface area contributed by atoms with E-state index in [1.807, 2.05) is 20.8 Å². The lowest BCUT2D eigenvalue weighted by atomic mass is 10.1. The maximum atomic E-state index is 12.6. The van der Waals surface area contributed by atoms with Crippen LogP contribution in [-0.2, 0) is 0 Å². The number of pyridine rings is 1. The third-order valence-corrected chi connectivity index (χ3v) is 2.94. The van der Waals surface area contributed by atoms with Crippen molar-refractivity contribution in [1.82, 2.24) is 9.88 Å². The van der Waals surface area contributed by atoms with E-state index < -0.39 is 4.92 Å². The Kier molecular flexibility index (Phi) is 6.58. The largest absolute Gasteiger partial charge is 0.370 e. The Morgan fingerprint density at radius 3 is 2.43 bits per heavy atom. The standard InChI is InChI=1S/C14H22N4O3/c1-4-7-17(8-5-2)14(19)11-9-13(15-6-3)16-10-12(11)18(20)21/h9-10H,4-8H2,1-3H3,(H,15,16). The number of anilines is 1. The Hall–Kier alpha value is -2.18. The lowest BCUT2D eigenvalue weighted by molar-refractivity contribution is -0.385. The molecule has 1 rings (SSSR count). The van der Waals surface area contributed by atoms with Gasteiger partial charge in [-0.05, 0) is 19.8 Å². The summed E-state index contributed by atoms with van der Waals surface area (Å²) in [6.07, 6.45) is 2.76. The SMILES string of the molecule is CCCN(CCC)C(=O)c1cc(NCC)ncc1[N+](=O)[O-]. The number of nitrogens with one attached hydrogen (secondary N) is 1. The smallest absolute Gasteiger partial charge is 0.300 e. The zero-order valence-electron chi connectivity index (χ0n) is 12.8. The minimum atomic E-state index is -0.563. The van der Waals surface area contributed by atoms with E-state index in [1.54, 1.807) is 4.90 Å². The first-order valence-corrected chi connectivity index (χ1v) is 7.22. The van der Waals surface area contributed by atoms with Gasteiger partial charge in [-0.2, -0.15) is 0 Å². The van der Waals surface area contributed by atoms with E-state index in [-0.39, 0.29) is 17.2 Å². The van der Waals surface area contributed by atoms with Gasteiger partial charge < -0.3 is 10.2 Å². The molecule has 0 radical (unpaired) electrons. The van der Waals surface area contributed by atoms with Crippen molar-refractivity contribution in [1.29, 1.82) is 0 Å². The molecule has 1 aromatic heterocycles. The van der Waals surface area contributed by atoms with Crippen LogP contribution in [0.1, 0.15) is 44.0 Å². The molecule has 1 N–H and O–H groups in total. The van der Waals surface area contributed by atoms with Crippen molar-refractivity contribution in [2.24, 2.45) is 0 Å². The second-order valence-corrected chi connectivity index (χ2v) is 4.67. The Balaban J connectivity index is 3.19. The molecule has 0 fully saturated rings. The van der Waals surface area contributed by atoms with E-state index in [0.717, 1.165) is 19.0 Å². The van der Waals surface area contributed by atoms with Gasteiger partial charge in [-0.1, -0.05) is 13.8 Å². The Morgan fingerprint density at radius 1 is 1.33 bits per heavy atom. The fourth-order valence-corrected chi connectivity index (χ4v) is 2.07. The number of hydrogen-bond donors (Lipinski definition) is 1. The summed E-state index contributed by atoms with van der Waals surface area (Å²) < 4.78 is 0. The van der Waals surface area contributed by atoms with Crippen LogP contribution in [0.4, 0.5) is 11.5 Å². The first-order chi connectivity index (χ1) is 10.0. The monoisotopic (exact) mass is 294 g/mol. The van der Waals surface area contributed by atoms with Gasteiger partial charge in [0.2, 0.25) is 0 Å². The number of nitrogens with zero attached hydrogens (tertiary/aromatic N) is 3. The fraction of sp³-hybridized carbons (Fsp3) is 0.571. The van der Waals surface area contributed by atoms with Gasteiger partial charge in [0.1, 0.15) is 17.6 Å². The van der Waals surface area contributed by atoms with E-state index in [4.69, 9.17) is 0 Å². The van der Waals surface area contributed by atoms with Crippen LogP contribution in [0.3, 0.4) is 0 Å². The van der Waals surface area contributed by atoms with Crippen molar-refractivity contribution < 1.29 is 9.72 Å². The molecule has 0 aliphatic carbocycles. The van der Waals surface area contributed by atoms with Crippen LogP contribution in [0.5, 0.6) is 0 Å². The van der Waals surface area contributed by atoms with Gasteiger partial charge in [0.25, 0.3) is 11.6 Å². The number of aromatic nitrogens is 1. The molecule has 0 saturated carbocycles. The molecule has 0 spiro atoms. The molecule has 0 atom stereocenters. The molecule has 7 nitrogen and oxygen atoms in total. The van der Waals surface area contributed by atoms with Crippen LogP contribution in [-0.4, -0.2) is 40.3 Å². The van der Waals surface area contributed by atoms with Gasteiger partial charge in [-0.3, -0.25) is 14.9 Å². The van der Waals surface area contributed by atoms with Gasteiger partial charge in [0.05, 0.1) is 4.92 Å². The molecule has 1 amide bonds. The Morgan fingerprint density at radius 2 is 1.95 bits per heavy atom. The maximum Gasteiger partial charge on any atom is 0.300 e. The fourth-order valence-electron chi connectivity index (χ4n) is 2.07. The summed E-state index contributed by atoms with van der Waals surface area (Å²) in [5, 5.41) is 14.1. The third kappa shape index (κ3) is 4.40. The van der Waals surface area contributed by atoms with Crippen molar-refractivity contribution >= 4 is 17.4 Å². The van der Waals surface area contributed by atoms with Crippen LogP contribution in [0.15, 0.2) is 12.3 Å². The first-order valence-electron chi connectivity index (χ1n) is 7.22. The summed E-state index contributed by atoms with van der Waals surface area (Å²) in [7, 11) is 0. The molecule has 0 saturated heterocycles. The minimum Gasteiger partial charge on any atom is -0.370 e. The van der Waals surface area contributed by atoms with Gasteiger partial charge in [-0.25, -0.2) is 4.98 Å². The molecular weight excluding hydrogens is 272 g/mol. The average Bonchev–Trinajstić information content (AvgIpc) is 2.46. The molecule has 116 valence electrons. The third-order valence-electron chi connectivity index (χ3n) is 2.94. The molecule has 0 bridgehead atoms. The molecule has 21 heavy (non-hydrogen) atoms. The van der Waals surface area contributed by atoms with Gasteiger partial charge >= 0.3 is 0 Å². The van der Waals surface area contributed by atoms with Crippen molar-refractivity contribution in [2.45, 2.75) is 33.6 Å². The molecule has 0 unspecified atom stereocenters. The molecular formula is C14H22N4O3. The number of hydrogen-bond acceptors (Lipinski definition) is 5. The number of nitro groups is 1. The quantitative estimate of drug-likeness (QED) is 0.588. The van der Waals surface area contributed by atoms with Gasteiger partial charge in [0.15, 0.2) is 0 Å². The second-order valence-electron chi connectivity index (χ2n) is 4.67. The summed E-state index contributed by atoms with van der Waals surface area (Å²) in [5.74, 6) is 0.159. The molecule has 0 aliphatic rings. The highest BCUT2D eigenvalue weighted by molar-refractivity contribution is 5.98. The van der Waals surface area contributed by atoms with Crippen LogP contribution >= 0.6 is 0 Å². The van der Waals surface area contributed by atoms with E-state index in [1.165, 1.54) is 6.07 Å². The van der Waals surface area contributed by atoms with Crippen molar-refractivity contribution in [3.8, 4) is 0 Å². The maximum absolute atomic E-state index is 12.6. The Labute approximate surface area is 124 Å². The summed E-state index contributed by atoms with van der Waals surface area (Å²) >= 11 is 0. The number of amides is 1. The predicted molar refractivity (Wildman–Crippen MR) is 81.5 cm³/mol. The van der Waals surface area contributed by atoms with E-state index in [9.17, 15) is 14.9 Å². The summed E-state index contributed by atoms with van der Waals surface area (Å²) in [4.78, 5) is 28.7. The van der Waals surface area contributed by atoms with Crippen molar-refractivity contribution in [2.75, 3.05) is 25.0 Å². The average molecular weight is 294 g/mol.